The van der Waals surface area contributed by atoms with Crippen LogP contribution in [0.3, 0.4) is 0 Å². The molecule has 6 nitrogen and oxygen atoms in total. The molecule has 0 spiro atoms. The molecule has 3 rings (SSSR count). The SMILES string of the molecule is Cc1nnsc1-c1nnc(N(C=O)C2CCC2)s1. The van der Waals surface area contributed by atoms with Crippen LogP contribution in [0.4, 0.5) is 5.13 Å². The van der Waals surface area contributed by atoms with Gasteiger partial charge >= 0.3 is 0 Å². The van der Waals surface area contributed by atoms with Gasteiger partial charge in [-0.25, -0.2) is 0 Å². The molecule has 1 aliphatic carbocycles. The molecule has 0 aromatic carbocycles. The van der Waals surface area contributed by atoms with Crippen LogP contribution in [0.15, 0.2) is 0 Å². The Balaban J connectivity index is 1.88. The van der Waals surface area contributed by atoms with Gasteiger partial charge in [-0.05, 0) is 37.7 Å². The molecule has 1 fully saturated rings. The predicted molar refractivity (Wildman–Crippen MR) is 69.7 cm³/mol. The van der Waals surface area contributed by atoms with Crippen molar-refractivity contribution >= 4 is 34.4 Å². The second kappa shape index (κ2) is 4.69. The summed E-state index contributed by atoms with van der Waals surface area (Å²) < 4.78 is 3.88. The number of nitrogens with zero attached hydrogens (tertiary/aromatic N) is 5. The zero-order chi connectivity index (χ0) is 12.5. The van der Waals surface area contributed by atoms with E-state index in [1.165, 1.54) is 29.3 Å². The van der Waals surface area contributed by atoms with Gasteiger partial charge in [-0.15, -0.1) is 15.3 Å². The molecule has 18 heavy (non-hydrogen) atoms. The van der Waals surface area contributed by atoms with Crippen molar-refractivity contribution in [2.24, 2.45) is 0 Å². The van der Waals surface area contributed by atoms with Gasteiger partial charge < -0.3 is 0 Å². The van der Waals surface area contributed by atoms with E-state index in [4.69, 9.17) is 0 Å². The maximum absolute atomic E-state index is 11.1. The van der Waals surface area contributed by atoms with Gasteiger partial charge in [-0.3, -0.25) is 9.69 Å². The van der Waals surface area contributed by atoms with E-state index >= 15 is 0 Å². The van der Waals surface area contributed by atoms with E-state index in [-0.39, 0.29) is 0 Å². The average molecular weight is 281 g/mol. The Morgan fingerprint density at radius 2 is 2.17 bits per heavy atom. The highest BCUT2D eigenvalue weighted by Crippen LogP contribution is 2.35. The Morgan fingerprint density at radius 1 is 1.33 bits per heavy atom. The van der Waals surface area contributed by atoms with Crippen LogP contribution in [0.2, 0.25) is 0 Å². The first kappa shape index (κ1) is 11.7. The first-order valence-electron chi connectivity index (χ1n) is 5.66. The quantitative estimate of drug-likeness (QED) is 0.800. The van der Waals surface area contributed by atoms with E-state index in [2.05, 4.69) is 19.8 Å². The van der Waals surface area contributed by atoms with Gasteiger partial charge in [0.05, 0.1) is 5.69 Å². The molecule has 94 valence electrons. The number of hydrogen-bond donors (Lipinski definition) is 0. The van der Waals surface area contributed by atoms with E-state index in [9.17, 15) is 4.79 Å². The topological polar surface area (TPSA) is 71.9 Å². The molecular formula is C10H11N5OS2. The number of hydrogen-bond acceptors (Lipinski definition) is 7. The molecule has 0 atom stereocenters. The highest BCUT2D eigenvalue weighted by molar-refractivity contribution is 7.22. The molecule has 0 N–H and O–H groups in total. The summed E-state index contributed by atoms with van der Waals surface area (Å²) in [7, 11) is 0. The number of carbonyl (C=O) groups excluding carboxylic acids is 1. The van der Waals surface area contributed by atoms with E-state index in [0.717, 1.165) is 34.8 Å². The van der Waals surface area contributed by atoms with E-state index < -0.39 is 0 Å². The van der Waals surface area contributed by atoms with Crippen LogP contribution in [-0.2, 0) is 4.79 Å². The van der Waals surface area contributed by atoms with E-state index in [1.54, 1.807) is 4.90 Å². The standard InChI is InChI=1S/C10H11N5OS2/c1-6-8(18-14-11-6)9-12-13-10(17-9)15(5-16)7-3-2-4-7/h5,7H,2-4H2,1H3. The molecule has 1 aliphatic rings. The highest BCUT2D eigenvalue weighted by atomic mass is 32.1. The summed E-state index contributed by atoms with van der Waals surface area (Å²) in [6.07, 6.45) is 4.13. The average Bonchev–Trinajstić information content (AvgIpc) is 2.91. The molecule has 1 amide bonds. The van der Waals surface area contributed by atoms with Crippen molar-refractivity contribution in [3.63, 3.8) is 0 Å². The molecule has 2 aromatic rings. The van der Waals surface area contributed by atoms with Crippen LogP contribution in [0.1, 0.15) is 25.0 Å². The van der Waals surface area contributed by atoms with Crippen molar-refractivity contribution in [2.45, 2.75) is 32.2 Å². The third kappa shape index (κ3) is 1.91. The van der Waals surface area contributed by atoms with Crippen molar-refractivity contribution in [2.75, 3.05) is 4.90 Å². The van der Waals surface area contributed by atoms with Crippen LogP contribution in [0.25, 0.3) is 9.88 Å². The van der Waals surface area contributed by atoms with Gasteiger partial charge in [0.2, 0.25) is 11.5 Å². The molecule has 1 saturated carbocycles. The first-order chi connectivity index (χ1) is 8.79. The van der Waals surface area contributed by atoms with Gasteiger partial charge in [0.25, 0.3) is 0 Å². The molecule has 8 heteroatoms. The summed E-state index contributed by atoms with van der Waals surface area (Å²) in [5.41, 5.74) is 0.851. The number of carbonyl (C=O) groups is 1. The van der Waals surface area contributed by atoms with Crippen molar-refractivity contribution in [3.05, 3.63) is 5.69 Å². The van der Waals surface area contributed by atoms with Crippen LogP contribution < -0.4 is 4.90 Å². The van der Waals surface area contributed by atoms with E-state index in [1.807, 2.05) is 6.92 Å². The zero-order valence-corrected chi connectivity index (χ0v) is 11.4. The monoisotopic (exact) mass is 281 g/mol. The number of rotatable bonds is 4. The lowest BCUT2D eigenvalue weighted by atomic mass is 9.92. The minimum absolute atomic E-state index is 0.295. The molecular weight excluding hydrogens is 270 g/mol. The van der Waals surface area contributed by atoms with Crippen molar-refractivity contribution in [1.29, 1.82) is 0 Å². The second-order valence-corrected chi connectivity index (χ2v) is 5.88. The molecule has 0 aliphatic heterocycles. The van der Waals surface area contributed by atoms with Gasteiger partial charge in [0.15, 0.2) is 5.01 Å². The van der Waals surface area contributed by atoms with E-state index in [0.29, 0.717) is 11.2 Å². The lowest BCUT2D eigenvalue weighted by Crippen LogP contribution is -2.39. The second-order valence-electron chi connectivity index (χ2n) is 4.17. The van der Waals surface area contributed by atoms with Crippen LogP contribution in [0.5, 0.6) is 0 Å². The smallest absolute Gasteiger partial charge is 0.216 e. The van der Waals surface area contributed by atoms with Gasteiger partial charge in [0.1, 0.15) is 4.88 Å². The van der Waals surface area contributed by atoms with Crippen molar-refractivity contribution in [3.8, 4) is 9.88 Å². The molecule has 0 bridgehead atoms. The molecule has 2 heterocycles. The molecule has 2 aromatic heterocycles. The first-order valence-corrected chi connectivity index (χ1v) is 7.25. The largest absolute Gasteiger partial charge is 0.286 e. The maximum atomic E-state index is 11.1. The summed E-state index contributed by atoms with van der Waals surface area (Å²) in [5, 5.41) is 13.6. The number of aromatic nitrogens is 4. The van der Waals surface area contributed by atoms with Crippen molar-refractivity contribution < 1.29 is 4.79 Å². The summed E-state index contributed by atoms with van der Waals surface area (Å²) in [6.45, 7) is 1.89. The molecule has 0 radical (unpaired) electrons. The minimum Gasteiger partial charge on any atom is -0.286 e. The minimum atomic E-state index is 0.295. The van der Waals surface area contributed by atoms with Gasteiger partial charge in [0, 0.05) is 6.04 Å². The van der Waals surface area contributed by atoms with Crippen LogP contribution >= 0.6 is 22.9 Å². The summed E-state index contributed by atoms with van der Waals surface area (Å²) in [4.78, 5) is 13.8. The number of anilines is 1. The Bertz CT molecular complexity index is 562. The Hall–Kier alpha value is -1.41. The predicted octanol–water partition coefficient (Wildman–Crippen LogP) is 1.88. The fourth-order valence-corrected chi connectivity index (χ4v) is 3.44. The van der Waals surface area contributed by atoms with Crippen molar-refractivity contribution in [1.82, 2.24) is 19.8 Å². The summed E-state index contributed by atoms with van der Waals surface area (Å²) >= 11 is 2.72. The lowest BCUT2D eigenvalue weighted by molar-refractivity contribution is -0.108. The number of amides is 1. The summed E-state index contributed by atoms with van der Waals surface area (Å²) in [5.74, 6) is 0. The van der Waals surface area contributed by atoms with Crippen LogP contribution in [-0.4, -0.2) is 32.2 Å². The summed E-state index contributed by atoms with van der Waals surface area (Å²) in [6, 6.07) is 0.295. The Labute approximate surface area is 112 Å². The highest BCUT2D eigenvalue weighted by Gasteiger charge is 2.27. The van der Waals surface area contributed by atoms with Gasteiger partial charge in [-0.2, -0.15) is 0 Å². The zero-order valence-electron chi connectivity index (χ0n) is 9.74. The van der Waals surface area contributed by atoms with Gasteiger partial charge in [-0.1, -0.05) is 15.8 Å². The fraction of sp³-hybridized carbons (Fsp3) is 0.500. The Kier molecular flexibility index (Phi) is 3.04. The maximum Gasteiger partial charge on any atom is 0.216 e. The third-order valence-corrected chi connectivity index (χ3v) is 4.98. The normalized spacial score (nSPS) is 15.4. The lowest BCUT2D eigenvalue weighted by Gasteiger charge is -2.32. The Morgan fingerprint density at radius 3 is 2.72 bits per heavy atom. The fourth-order valence-electron chi connectivity index (χ4n) is 1.79. The third-order valence-electron chi connectivity index (χ3n) is 3.06. The molecule has 0 unspecified atom stereocenters. The molecule has 0 saturated heterocycles. The number of aryl methyl sites for hydroxylation is 1. The van der Waals surface area contributed by atoms with Crippen LogP contribution in [0, 0.1) is 6.92 Å².